The highest BCUT2D eigenvalue weighted by atomic mass is 16.5. The summed E-state index contributed by atoms with van der Waals surface area (Å²) in [6.07, 6.45) is 1.48. The molecule has 0 aliphatic rings. The summed E-state index contributed by atoms with van der Waals surface area (Å²) in [4.78, 5) is 23.6. The highest BCUT2D eigenvalue weighted by molar-refractivity contribution is 5.84. The fraction of sp³-hybridized carbons (Fsp3) is 0.318. The van der Waals surface area contributed by atoms with Crippen LogP contribution in [0.25, 0.3) is 0 Å². The van der Waals surface area contributed by atoms with Crippen LogP contribution in [0.15, 0.2) is 48.5 Å². The molecule has 0 spiro atoms. The smallest absolute Gasteiger partial charge is 0.239 e. The maximum atomic E-state index is 11.9. The SMILES string of the molecule is COc1cc(C#N)ccc1OCCCC(=O)NCC(=O)NCCc1ccccc1. The number of rotatable bonds is 11. The minimum atomic E-state index is -0.215. The van der Waals surface area contributed by atoms with E-state index < -0.39 is 0 Å². The standard InChI is InChI=1S/C22H25N3O4/c1-28-20-14-18(15-23)9-10-19(20)29-13-5-8-21(26)25-16-22(27)24-12-11-17-6-3-2-4-7-17/h2-4,6-7,9-10,14H,5,8,11-13,16H2,1H3,(H,24,27)(H,25,26). The zero-order valence-corrected chi connectivity index (χ0v) is 16.4. The number of amides is 2. The van der Waals surface area contributed by atoms with Gasteiger partial charge in [-0.05, 0) is 30.5 Å². The highest BCUT2D eigenvalue weighted by Gasteiger charge is 2.08. The second-order valence-corrected chi connectivity index (χ2v) is 6.29. The topological polar surface area (TPSA) is 100 Å². The van der Waals surface area contributed by atoms with Crippen molar-refractivity contribution in [2.75, 3.05) is 26.8 Å². The Bertz CT molecular complexity index is 847. The Labute approximate surface area is 170 Å². The van der Waals surface area contributed by atoms with Crippen molar-refractivity contribution in [3.63, 3.8) is 0 Å². The molecule has 0 aliphatic heterocycles. The molecule has 0 heterocycles. The summed E-state index contributed by atoms with van der Waals surface area (Å²) in [6.45, 7) is 0.801. The third kappa shape index (κ3) is 7.93. The number of nitrogens with one attached hydrogen (secondary N) is 2. The molecular formula is C22H25N3O4. The first-order chi connectivity index (χ1) is 14.1. The molecule has 2 rings (SSSR count). The number of benzene rings is 2. The zero-order chi connectivity index (χ0) is 20.9. The Balaban J connectivity index is 1.59. The molecule has 0 atom stereocenters. The van der Waals surface area contributed by atoms with Crippen LogP contribution in [-0.2, 0) is 16.0 Å². The second-order valence-electron chi connectivity index (χ2n) is 6.29. The first-order valence-electron chi connectivity index (χ1n) is 9.40. The monoisotopic (exact) mass is 395 g/mol. The van der Waals surface area contributed by atoms with Gasteiger partial charge in [0.1, 0.15) is 0 Å². The number of nitrogens with zero attached hydrogens (tertiary/aromatic N) is 1. The lowest BCUT2D eigenvalue weighted by atomic mass is 10.1. The number of nitriles is 1. The lowest BCUT2D eigenvalue weighted by Crippen LogP contribution is -2.37. The molecule has 2 amide bonds. The summed E-state index contributed by atoms with van der Waals surface area (Å²) in [7, 11) is 1.50. The van der Waals surface area contributed by atoms with E-state index in [1.807, 2.05) is 36.4 Å². The van der Waals surface area contributed by atoms with E-state index in [1.165, 1.54) is 7.11 Å². The fourth-order valence-electron chi connectivity index (χ4n) is 2.59. The lowest BCUT2D eigenvalue weighted by molar-refractivity contribution is -0.126. The van der Waals surface area contributed by atoms with Crippen LogP contribution in [0, 0.1) is 11.3 Å². The van der Waals surface area contributed by atoms with Crippen LogP contribution in [0.2, 0.25) is 0 Å². The first kappa shape index (κ1) is 21.8. The molecule has 0 radical (unpaired) electrons. The van der Waals surface area contributed by atoms with Crippen LogP contribution >= 0.6 is 0 Å². The number of ether oxygens (including phenoxy) is 2. The average Bonchev–Trinajstić information content (AvgIpc) is 2.76. The molecule has 0 fully saturated rings. The molecule has 0 saturated carbocycles. The van der Waals surface area contributed by atoms with Crippen LogP contribution in [0.3, 0.4) is 0 Å². The van der Waals surface area contributed by atoms with E-state index in [1.54, 1.807) is 18.2 Å². The molecule has 7 heteroatoms. The van der Waals surface area contributed by atoms with Gasteiger partial charge >= 0.3 is 0 Å². The predicted molar refractivity (Wildman–Crippen MR) is 109 cm³/mol. The second kappa shape index (κ2) is 12.0. The molecule has 2 aromatic rings. The van der Waals surface area contributed by atoms with Crippen LogP contribution in [0.5, 0.6) is 11.5 Å². The third-order valence-corrected chi connectivity index (χ3v) is 4.12. The summed E-state index contributed by atoms with van der Waals surface area (Å²) in [5, 5.41) is 14.3. The van der Waals surface area contributed by atoms with Crippen LogP contribution in [0.1, 0.15) is 24.0 Å². The van der Waals surface area contributed by atoms with E-state index in [2.05, 4.69) is 10.6 Å². The van der Waals surface area contributed by atoms with E-state index in [9.17, 15) is 9.59 Å². The van der Waals surface area contributed by atoms with Crippen LogP contribution < -0.4 is 20.1 Å². The van der Waals surface area contributed by atoms with Gasteiger partial charge in [-0.3, -0.25) is 9.59 Å². The van der Waals surface area contributed by atoms with Gasteiger partial charge in [0.05, 0.1) is 31.9 Å². The molecular weight excluding hydrogens is 370 g/mol. The van der Waals surface area contributed by atoms with Crippen molar-refractivity contribution in [1.82, 2.24) is 10.6 Å². The normalized spacial score (nSPS) is 9.93. The van der Waals surface area contributed by atoms with Crippen molar-refractivity contribution >= 4 is 11.8 Å². The Morgan fingerprint density at radius 3 is 2.55 bits per heavy atom. The Morgan fingerprint density at radius 1 is 1.03 bits per heavy atom. The zero-order valence-electron chi connectivity index (χ0n) is 16.4. The van der Waals surface area contributed by atoms with Crippen molar-refractivity contribution in [1.29, 1.82) is 5.26 Å². The first-order valence-corrected chi connectivity index (χ1v) is 9.40. The molecule has 0 bridgehead atoms. The molecule has 0 aromatic heterocycles. The summed E-state index contributed by atoms with van der Waals surface area (Å²) in [5.74, 6) is 0.567. The summed E-state index contributed by atoms with van der Waals surface area (Å²) in [6, 6.07) is 16.8. The molecule has 0 unspecified atom stereocenters. The summed E-state index contributed by atoms with van der Waals surface area (Å²) >= 11 is 0. The summed E-state index contributed by atoms with van der Waals surface area (Å²) in [5.41, 5.74) is 1.63. The quantitative estimate of drug-likeness (QED) is 0.568. The molecule has 7 nitrogen and oxygen atoms in total. The third-order valence-electron chi connectivity index (χ3n) is 4.12. The number of hydrogen-bond acceptors (Lipinski definition) is 5. The highest BCUT2D eigenvalue weighted by Crippen LogP contribution is 2.27. The van der Waals surface area contributed by atoms with Crippen LogP contribution in [-0.4, -0.2) is 38.6 Å². The maximum Gasteiger partial charge on any atom is 0.239 e. The van der Waals surface area contributed by atoms with E-state index in [0.717, 1.165) is 12.0 Å². The minimum absolute atomic E-state index is 0.0437. The van der Waals surface area contributed by atoms with Gasteiger partial charge < -0.3 is 20.1 Å². The molecule has 0 saturated heterocycles. The van der Waals surface area contributed by atoms with Crippen molar-refractivity contribution in [2.45, 2.75) is 19.3 Å². The Kier molecular flexibility index (Phi) is 9.03. The van der Waals surface area contributed by atoms with Crippen molar-refractivity contribution < 1.29 is 19.1 Å². The van der Waals surface area contributed by atoms with Crippen molar-refractivity contribution in [3.05, 3.63) is 59.7 Å². The predicted octanol–water partition coefficient (Wildman–Crippen LogP) is 2.20. The van der Waals surface area contributed by atoms with Gasteiger partial charge in [-0.2, -0.15) is 5.26 Å². The molecule has 0 aliphatic carbocycles. The number of carbonyl (C=O) groups excluding carboxylic acids is 2. The maximum absolute atomic E-state index is 11.9. The van der Waals surface area contributed by atoms with E-state index in [4.69, 9.17) is 14.7 Å². The van der Waals surface area contributed by atoms with Crippen molar-refractivity contribution in [2.24, 2.45) is 0 Å². The molecule has 2 N–H and O–H groups in total. The van der Waals surface area contributed by atoms with Gasteiger partial charge in [-0.15, -0.1) is 0 Å². The Hall–Kier alpha value is -3.53. The van der Waals surface area contributed by atoms with E-state index in [-0.39, 0.29) is 24.8 Å². The van der Waals surface area contributed by atoms with Crippen LogP contribution in [0.4, 0.5) is 0 Å². The van der Waals surface area contributed by atoms with Gasteiger partial charge in [0.15, 0.2) is 11.5 Å². The van der Waals surface area contributed by atoms with E-state index in [0.29, 0.717) is 36.6 Å². The Morgan fingerprint density at radius 2 is 1.83 bits per heavy atom. The summed E-state index contributed by atoms with van der Waals surface area (Å²) < 4.78 is 10.8. The molecule has 29 heavy (non-hydrogen) atoms. The van der Waals surface area contributed by atoms with Gasteiger partial charge in [0, 0.05) is 19.0 Å². The van der Waals surface area contributed by atoms with E-state index >= 15 is 0 Å². The van der Waals surface area contributed by atoms with Crippen molar-refractivity contribution in [3.8, 4) is 17.6 Å². The largest absolute Gasteiger partial charge is 0.493 e. The number of carbonyl (C=O) groups is 2. The number of methoxy groups -OCH3 is 1. The minimum Gasteiger partial charge on any atom is -0.493 e. The van der Waals surface area contributed by atoms with Gasteiger partial charge in [-0.1, -0.05) is 30.3 Å². The fourth-order valence-corrected chi connectivity index (χ4v) is 2.59. The number of hydrogen-bond donors (Lipinski definition) is 2. The molecule has 2 aromatic carbocycles. The average molecular weight is 395 g/mol. The van der Waals surface area contributed by atoms with Gasteiger partial charge in [-0.25, -0.2) is 0 Å². The molecule has 152 valence electrons. The lowest BCUT2D eigenvalue weighted by Gasteiger charge is -2.11. The van der Waals surface area contributed by atoms with Gasteiger partial charge in [0.2, 0.25) is 11.8 Å². The van der Waals surface area contributed by atoms with Gasteiger partial charge in [0.25, 0.3) is 0 Å².